The van der Waals surface area contributed by atoms with Crippen LogP contribution in [0.1, 0.15) is 34.1 Å². The van der Waals surface area contributed by atoms with Gasteiger partial charge in [0, 0.05) is 43.8 Å². The molecule has 1 aliphatic heterocycles. The van der Waals surface area contributed by atoms with Crippen molar-refractivity contribution in [2.45, 2.75) is 27.3 Å². The Labute approximate surface area is 178 Å². The number of aryl methyl sites for hydroxylation is 2. The highest BCUT2D eigenvalue weighted by atomic mass is 16.5. The van der Waals surface area contributed by atoms with Gasteiger partial charge in [-0.25, -0.2) is 4.79 Å². The van der Waals surface area contributed by atoms with Gasteiger partial charge in [-0.15, -0.1) is 0 Å². The van der Waals surface area contributed by atoms with Crippen LogP contribution >= 0.6 is 0 Å². The first-order chi connectivity index (χ1) is 14.6. The number of carbonyl (C=O) groups excluding carboxylic acids is 1. The Morgan fingerprint density at radius 1 is 1.00 bits per heavy atom. The summed E-state index contributed by atoms with van der Waals surface area (Å²) < 4.78 is 5.37. The van der Waals surface area contributed by atoms with Crippen molar-refractivity contribution in [2.75, 3.05) is 37.7 Å². The molecule has 0 atom stereocenters. The molecule has 5 heteroatoms. The molecule has 1 fully saturated rings. The number of carbonyl (C=O) groups is 1. The van der Waals surface area contributed by atoms with E-state index in [1.165, 1.54) is 11.3 Å². The first-order valence-electron chi connectivity index (χ1n) is 10.7. The van der Waals surface area contributed by atoms with Crippen LogP contribution in [-0.4, -0.2) is 48.6 Å². The number of aromatic nitrogens is 1. The van der Waals surface area contributed by atoms with Crippen molar-refractivity contribution in [3.63, 3.8) is 0 Å². The molecule has 0 aliphatic carbocycles. The molecule has 2 aromatic carbocycles. The number of para-hydroxylation sites is 2. The number of hydrogen-bond donors (Lipinski definition) is 0. The zero-order valence-electron chi connectivity index (χ0n) is 18.0. The molecule has 0 N–H and O–H groups in total. The monoisotopic (exact) mass is 403 g/mol. The van der Waals surface area contributed by atoms with Gasteiger partial charge in [0.1, 0.15) is 0 Å². The third kappa shape index (κ3) is 4.03. The summed E-state index contributed by atoms with van der Waals surface area (Å²) in [5, 5.41) is 1.01. The summed E-state index contributed by atoms with van der Waals surface area (Å²) in [7, 11) is 0. The standard InChI is InChI=1S/C25H29N3O2/c1-4-30-25(29)24-19(3)20-10-6-7-11-21(20)26-22(24)17-27-13-15-28(16-14-27)23-12-8-5-9-18(23)2/h5-12H,4,13-17H2,1-3H3. The van der Waals surface area contributed by atoms with E-state index < -0.39 is 0 Å². The lowest BCUT2D eigenvalue weighted by atomic mass is 10.0. The lowest BCUT2D eigenvalue weighted by Gasteiger charge is -2.36. The van der Waals surface area contributed by atoms with Crippen molar-refractivity contribution in [2.24, 2.45) is 0 Å². The van der Waals surface area contributed by atoms with Gasteiger partial charge < -0.3 is 9.64 Å². The number of nitrogens with zero attached hydrogens (tertiary/aromatic N) is 3. The van der Waals surface area contributed by atoms with Crippen LogP contribution in [0.25, 0.3) is 10.9 Å². The van der Waals surface area contributed by atoms with Crippen molar-refractivity contribution in [3.05, 3.63) is 70.9 Å². The van der Waals surface area contributed by atoms with Gasteiger partial charge in [0.15, 0.2) is 0 Å². The molecule has 0 bridgehead atoms. The Morgan fingerprint density at radius 3 is 2.43 bits per heavy atom. The van der Waals surface area contributed by atoms with E-state index in [4.69, 9.17) is 9.72 Å². The second-order valence-electron chi connectivity index (χ2n) is 7.85. The van der Waals surface area contributed by atoms with E-state index in [2.05, 4.69) is 41.0 Å². The van der Waals surface area contributed by atoms with Crippen molar-refractivity contribution in [1.29, 1.82) is 0 Å². The molecule has 0 amide bonds. The van der Waals surface area contributed by atoms with E-state index in [0.717, 1.165) is 48.3 Å². The number of pyridine rings is 1. The average molecular weight is 404 g/mol. The smallest absolute Gasteiger partial charge is 0.340 e. The molecule has 4 rings (SSSR count). The molecule has 156 valence electrons. The van der Waals surface area contributed by atoms with Crippen LogP contribution in [0.5, 0.6) is 0 Å². The van der Waals surface area contributed by atoms with Crippen molar-refractivity contribution in [1.82, 2.24) is 9.88 Å². The average Bonchev–Trinajstić information content (AvgIpc) is 2.75. The molecule has 1 aromatic heterocycles. The summed E-state index contributed by atoms with van der Waals surface area (Å²) >= 11 is 0. The molecule has 30 heavy (non-hydrogen) atoms. The molecular formula is C25H29N3O2. The molecule has 0 unspecified atom stereocenters. The molecule has 3 aromatic rings. The SMILES string of the molecule is CCOC(=O)c1c(CN2CCN(c3ccccc3C)CC2)nc2ccccc2c1C. The van der Waals surface area contributed by atoms with Crippen LogP contribution in [0.3, 0.4) is 0 Å². The summed E-state index contributed by atoms with van der Waals surface area (Å²) in [4.78, 5) is 22.5. The molecule has 0 saturated carbocycles. The number of fused-ring (bicyclic) bond motifs is 1. The number of benzene rings is 2. The Bertz CT molecular complexity index is 1060. The second-order valence-corrected chi connectivity index (χ2v) is 7.85. The predicted octanol–water partition coefficient (Wildman–Crippen LogP) is 4.35. The highest BCUT2D eigenvalue weighted by Crippen LogP contribution is 2.26. The number of piperazine rings is 1. The maximum absolute atomic E-state index is 12.8. The van der Waals surface area contributed by atoms with E-state index in [9.17, 15) is 4.79 Å². The molecule has 5 nitrogen and oxygen atoms in total. The third-order valence-electron chi connectivity index (χ3n) is 5.91. The Morgan fingerprint density at radius 2 is 1.70 bits per heavy atom. The fraction of sp³-hybridized carbons (Fsp3) is 0.360. The Hall–Kier alpha value is -2.92. The van der Waals surface area contributed by atoms with Gasteiger partial charge in [0.2, 0.25) is 0 Å². The third-order valence-corrected chi connectivity index (χ3v) is 5.91. The predicted molar refractivity (Wildman–Crippen MR) is 121 cm³/mol. The summed E-state index contributed by atoms with van der Waals surface area (Å²) in [6.45, 7) is 10.8. The second kappa shape index (κ2) is 8.84. The van der Waals surface area contributed by atoms with Crippen LogP contribution in [0.15, 0.2) is 48.5 Å². The van der Waals surface area contributed by atoms with E-state index in [1.807, 2.05) is 38.1 Å². The van der Waals surface area contributed by atoms with Crippen molar-refractivity contribution >= 4 is 22.6 Å². The van der Waals surface area contributed by atoms with Crippen LogP contribution in [0, 0.1) is 13.8 Å². The Balaban J connectivity index is 1.57. The van der Waals surface area contributed by atoms with Gasteiger partial charge in [-0.05, 0) is 44.0 Å². The van der Waals surface area contributed by atoms with Crippen LogP contribution in [0.4, 0.5) is 5.69 Å². The molecule has 1 saturated heterocycles. The van der Waals surface area contributed by atoms with Gasteiger partial charge >= 0.3 is 5.97 Å². The quantitative estimate of drug-likeness (QED) is 0.593. The van der Waals surface area contributed by atoms with Crippen LogP contribution < -0.4 is 4.90 Å². The van der Waals surface area contributed by atoms with Gasteiger partial charge in [-0.1, -0.05) is 36.4 Å². The Kier molecular flexibility index (Phi) is 6.00. The van der Waals surface area contributed by atoms with Gasteiger partial charge in [0.05, 0.1) is 23.4 Å². The van der Waals surface area contributed by atoms with Gasteiger partial charge in [0.25, 0.3) is 0 Å². The van der Waals surface area contributed by atoms with Crippen LogP contribution in [0.2, 0.25) is 0 Å². The summed E-state index contributed by atoms with van der Waals surface area (Å²) in [5.74, 6) is -0.276. The molecule has 0 spiro atoms. The summed E-state index contributed by atoms with van der Waals surface area (Å²) in [6, 6.07) is 16.5. The van der Waals surface area contributed by atoms with E-state index in [0.29, 0.717) is 18.7 Å². The lowest BCUT2D eigenvalue weighted by molar-refractivity contribution is 0.0522. The highest BCUT2D eigenvalue weighted by Gasteiger charge is 2.24. The highest BCUT2D eigenvalue weighted by molar-refractivity contribution is 5.98. The molecule has 1 aliphatic rings. The lowest BCUT2D eigenvalue weighted by Crippen LogP contribution is -2.46. The number of ether oxygens (including phenoxy) is 1. The first-order valence-corrected chi connectivity index (χ1v) is 10.7. The zero-order chi connectivity index (χ0) is 21.1. The molecule has 0 radical (unpaired) electrons. The minimum absolute atomic E-state index is 0.276. The fourth-order valence-corrected chi connectivity index (χ4v) is 4.31. The van der Waals surface area contributed by atoms with Crippen molar-refractivity contribution in [3.8, 4) is 0 Å². The van der Waals surface area contributed by atoms with Gasteiger partial charge in [-0.2, -0.15) is 0 Å². The maximum Gasteiger partial charge on any atom is 0.340 e. The maximum atomic E-state index is 12.8. The largest absolute Gasteiger partial charge is 0.462 e. The first kappa shape index (κ1) is 20.4. The minimum Gasteiger partial charge on any atom is -0.462 e. The topological polar surface area (TPSA) is 45.7 Å². The number of esters is 1. The van der Waals surface area contributed by atoms with Gasteiger partial charge in [-0.3, -0.25) is 9.88 Å². The minimum atomic E-state index is -0.276. The molecular weight excluding hydrogens is 374 g/mol. The zero-order valence-corrected chi connectivity index (χ0v) is 18.0. The van der Waals surface area contributed by atoms with Crippen LogP contribution in [-0.2, 0) is 11.3 Å². The van der Waals surface area contributed by atoms with Crippen molar-refractivity contribution < 1.29 is 9.53 Å². The van der Waals surface area contributed by atoms with E-state index in [-0.39, 0.29) is 5.97 Å². The number of hydrogen-bond acceptors (Lipinski definition) is 5. The van der Waals surface area contributed by atoms with E-state index >= 15 is 0 Å². The fourth-order valence-electron chi connectivity index (χ4n) is 4.31. The number of anilines is 1. The normalized spacial score (nSPS) is 14.8. The summed E-state index contributed by atoms with van der Waals surface area (Å²) in [6.07, 6.45) is 0. The van der Waals surface area contributed by atoms with E-state index in [1.54, 1.807) is 0 Å². The molecule has 2 heterocycles. The summed E-state index contributed by atoms with van der Waals surface area (Å²) in [5.41, 5.74) is 5.93. The number of rotatable bonds is 5.